The Morgan fingerprint density at radius 2 is 2.00 bits per heavy atom. The number of halogens is 1. The van der Waals surface area contributed by atoms with Crippen molar-refractivity contribution in [1.29, 1.82) is 0 Å². The maximum absolute atomic E-state index is 13.1. The summed E-state index contributed by atoms with van der Waals surface area (Å²) in [6, 6.07) is 6.64. The molecule has 0 bridgehead atoms. The Morgan fingerprint density at radius 3 is 2.60 bits per heavy atom. The number of likely N-dealkylation sites (N-methyl/N-ethyl adjacent to an activating group) is 1. The lowest BCUT2D eigenvalue weighted by Gasteiger charge is -2.31. The second-order valence-corrected chi connectivity index (χ2v) is 7.00. The van der Waals surface area contributed by atoms with Crippen molar-refractivity contribution < 1.29 is 9.18 Å². The Balaban J connectivity index is 1.75. The van der Waals surface area contributed by atoms with Gasteiger partial charge in [-0.15, -0.1) is 0 Å². The third-order valence-electron chi connectivity index (χ3n) is 4.97. The van der Waals surface area contributed by atoms with Crippen molar-refractivity contribution in [1.82, 2.24) is 19.6 Å². The molecular formula is C19H25FN4O. The second-order valence-electron chi connectivity index (χ2n) is 7.00. The van der Waals surface area contributed by atoms with Gasteiger partial charge < -0.3 is 9.80 Å². The van der Waals surface area contributed by atoms with Gasteiger partial charge in [-0.05, 0) is 50.2 Å². The third kappa shape index (κ3) is 4.07. The van der Waals surface area contributed by atoms with E-state index in [9.17, 15) is 9.18 Å². The third-order valence-corrected chi connectivity index (χ3v) is 4.97. The van der Waals surface area contributed by atoms with E-state index in [0.717, 1.165) is 30.5 Å². The van der Waals surface area contributed by atoms with Gasteiger partial charge >= 0.3 is 0 Å². The van der Waals surface area contributed by atoms with Crippen LogP contribution < -0.4 is 0 Å². The highest BCUT2D eigenvalue weighted by Crippen LogP contribution is 2.25. The van der Waals surface area contributed by atoms with E-state index < -0.39 is 0 Å². The minimum atomic E-state index is -0.278. The van der Waals surface area contributed by atoms with Gasteiger partial charge in [0.25, 0.3) is 0 Å². The fourth-order valence-corrected chi connectivity index (χ4v) is 3.69. The highest BCUT2D eigenvalue weighted by Gasteiger charge is 2.38. The zero-order chi connectivity index (χ0) is 18.0. The number of hydrogen-bond acceptors (Lipinski definition) is 3. The average Bonchev–Trinajstić information content (AvgIpc) is 3.16. The Hall–Kier alpha value is -2.21. The first-order valence-corrected chi connectivity index (χ1v) is 8.62. The molecular weight excluding hydrogens is 319 g/mol. The zero-order valence-electron chi connectivity index (χ0n) is 15.0. The molecule has 5 nitrogen and oxygen atoms in total. The van der Waals surface area contributed by atoms with Crippen LogP contribution in [0, 0.1) is 5.82 Å². The van der Waals surface area contributed by atoms with Gasteiger partial charge in [-0.25, -0.2) is 4.39 Å². The number of carbonyl (C=O) groups is 1. The van der Waals surface area contributed by atoms with Crippen molar-refractivity contribution in [2.24, 2.45) is 7.05 Å². The molecule has 1 aromatic heterocycles. The van der Waals surface area contributed by atoms with Crippen LogP contribution in [0.1, 0.15) is 17.5 Å². The fourth-order valence-electron chi connectivity index (χ4n) is 3.69. The molecule has 134 valence electrons. The lowest BCUT2D eigenvalue weighted by molar-refractivity contribution is -0.131. The number of aromatic nitrogens is 2. The van der Waals surface area contributed by atoms with Gasteiger partial charge in [0.2, 0.25) is 5.91 Å². The number of aryl methyl sites for hydroxylation is 1. The first-order valence-electron chi connectivity index (χ1n) is 8.62. The van der Waals surface area contributed by atoms with Crippen LogP contribution in [0.3, 0.4) is 0 Å². The molecule has 6 heteroatoms. The van der Waals surface area contributed by atoms with Crippen LogP contribution >= 0.6 is 0 Å². The van der Waals surface area contributed by atoms with Gasteiger partial charge in [0.1, 0.15) is 5.82 Å². The molecule has 3 rings (SSSR count). The molecule has 0 saturated carbocycles. The van der Waals surface area contributed by atoms with E-state index in [1.807, 2.05) is 24.3 Å². The number of amides is 1. The maximum Gasteiger partial charge on any atom is 0.227 e. The maximum atomic E-state index is 13.1. The van der Waals surface area contributed by atoms with E-state index in [1.165, 1.54) is 12.1 Å². The van der Waals surface area contributed by atoms with Crippen molar-refractivity contribution in [3.8, 4) is 0 Å². The van der Waals surface area contributed by atoms with Crippen molar-refractivity contribution in [3.05, 3.63) is 53.6 Å². The van der Waals surface area contributed by atoms with Gasteiger partial charge in [-0.1, -0.05) is 12.1 Å². The van der Waals surface area contributed by atoms with Crippen LogP contribution in [0.5, 0.6) is 0 Å². The summed E-state index contributed by atoms with van der Waals surface area (Å²) in [6.07, 6.45) is 5.95. The van der Waals surface area contributed by atoms with Gasteiger partial charge in [-0.2, -0.15) is 5.10 Å². The summed E-state index contributed by atoms with van der Waals surface area (Å²) in [5.74, 6) is -0.177. The first-order chi connectivity index (χ1) is 11.9. The highest BCUT2D eigenvalue weighted by atomic mass is 19.1. The zero-order valence-corrected chi connectivity index (χ0v) is 15.0. The van der Waals surface area contributed by atoms with E-state index in [0.29, 0.717) is 12.5 Å². The molecule has 0 spiro atoms. The minimum absolute atomic E-state index is 0.102. The minimum Gasteiger partial charge on any atom is -0.337 e. The highest BCUT2D eigenvalue weighted by molar-refractivity contribution is 5.79. The topological polar surface area (TPSA) is 41.4 Å². The molecule has 0 N–H and O–H groups in total. The summed E-state index contributed by atoms with van der Waals surface area (Å²) in [5, 5.41) is 4.24. The molecule has 1 aromatic carbocycles. The Morgan fingerprint density at radius 1 is 1.28 bits per heavy atom. The molecule has 1 fully saturated rings. The predicted octanol–water partition coefficient (Wildman–Crippen LogP) is 1.88. The summed E-state index contributed by atoms with van der Waals surface area (Å²) in [4.78, 5) is 17.1. The molecule has 1 saturated heterocycles. The molecule has 0 unspecified atom stereocenters. The van der Waals surface area contributed by atoms with Gasteiger partial charge in [0, 0.05) is 25.8 Å². The van der Waals surface area contributed by atoms with Crippen molar-refractivity contribution in [3.63, 3.8) is 0 Å². The van der Waals surface area contributed by atoms with Crippen LogP contribution in [-0.2, 0) is 24.7 Å². The largest absolute Gasteiger partial charge is 0.337 e. The summed E-state index contributed by atoms with van der Waals surface area (Å²) in [7, 11) is 6.03. The summed E-state index contributed by atoms with van der Waals surface area (Å²) < 4.78 is 14.9. The lowest BCUT2D eigenvalue weighted by Crippen LogP contribution is -2.46. The molecule has 1 aliphatic heterocycles. The lowest BCUT2D eigenvalue weighted by atomic mass is 10.0. The summed E-state index contributed by atoms with van der Waals surface area (Å²) >= 11 is 0. The van der Waals surface area contributed by atoms with E-state index in [-0.39, 0.29) is 17.8 Å². The van der Waals surface area contributed by atoms with Crippen LogP contribution in [0.15, 0.2) is 36.7 Å². The SMILES string of the molecule is CN(C)[C@@H]1CCN(C(=O)Cc2ccc(F)cc2)[C@H]1Cc1cnn(C)c1. The van der Waals surface area contributed by atoms with Crippen LogP contribution in [0.2, 0.25) is 0 Å². The molecule has 25 heavy (non-hydrogen) atoms. The van der Waals surface area contributed by atoms with Crippen molar-refractivity contribution >= 4 is 5.91 Å². The Labute approximate surface area is 148 Å². The predicted molar refractivity (Wildman–Crippen MR) is 94.6 cm³/mol. The summed E-state index contributed by atoms with van der Waals surface area (Å²) in [6.45, 7) is 0.758. The normalized spacial score (nSPS) is 20.4. The number of nitrogens with zero attached hydrogens (tertiary/aromatic N) is 4. The number of rotatable bonds is 5. The summed E-state index contributed by atoms with van der Waals surface area (Å²) in [5.41, 5.74) is 1.99. The Kier molecular flexibility index (Phi) is 5.18. The molecule has 0 radical (unpaired) electrons. The Bertz CT molecular complexity index is 725. The molecule has 2 atom stereocenters. The number of hydrogen-bond donors (Lipinski definition) is 0. The average molecular weight is 344 g/mol. The number of benzene rings is 1. The molecule has 1 amide bonds. The standard InChI is InChI=1S/C19H25FN4O/c1-22(2)17-8-9-24(18(17)10-15-12-21-23(3)13-15)19(25)11-14-4-6-16(20)7-5-14/h4-7,12-13,17-18H,8-11H2,1-3H3/t17-,18+/m1/s1. The van der Waals surface area contributed by atoms with Crippen LogP contribution in [-0.4, -0.2) is 58.2 Å². The van der Waals surface area contributed by atoms with Gasteiger partial charge in [0.05, 0.1) is 18.7 Å². The van der Waals surface area contributed by atoms with Crippen LogP contribution in [0.4, 0.5) is 4.39 Å². The molecule has 1 aliphatic rings. The van der Waals surface area contributed by atoms with Crippen LogP contribution in [0.25, 0.3) is 0 Å². The smallest absolute Gasteiger partial charge is 0.227 e. The fraction of sp³-hybridized carbons (Fsp3) is 0.474. The molecule has 2 heterocycles. The van der Waals surface area contributed by atoms with E-state index in [2.05, 4.69) is 24.1 Å². The van der Waals surface area contributed by atoms with Crippen molar-refractivity contribution in [2.75, 3.05) is 20.6 Å². The number of likely N-dealkylation sites (tertiary alicyclic amines) is 1. The van der Waals surface area contributed by atoms with E-state index in [4.69, 9.17) is 0 Å². The monoisotopic (exact) mass is 344 g/mol. The molecule has 0 aliphatic carbocycles. The van der Waals surface area contributed by atoms with Crippen molar-refractivity contribution in [2.45, 2.75) is 31.3 Å². The van der Waals surface area contributed by atoms with E-state index >= 15 is 0 Å². The van der Waals surface area contributed by atoms with E-state index in [1.54, 1.807) is 16.8 Å². The number of carbonyl (C=O) groups excluding carboxylic acids is 1. The van der Waals surface area contributed by atoms with Gasteiger partial charge in [-0.3, -0.25) is 9.48 Å². The quantitative estimate of drug-likeness (QED) is 0.832. The van der Waals surface area contributed by atoms with Gasteiger partial charge in [0.15, 0.2) is 0 Å². The first kappa shape index (κ1) is 17.6. The molecule has 2 aromatic rings. The second kappa shape index (κ2) is 7.35.